The first kappa shape index (κ1) is 14.1. The van der Waals surface area contributed by atoms with E-state index < -0.39 is 0 Å². The molecular weight excluding hydrogens is 248 g/mol. The molecule has 2 N–H and O–H groups in total. The molecule has 2 aliphatic rings. The van der Waals surface area contributed by atoms with E-state index in [1.54, 1.807) is 0 Å². The van der Waals surface area contributed by atoms with Gasteiger partial charge in [-0.05, 0) is 52.0 Å². The van der Waals surface area contributed by atoms with Gasteiger partial charge in [-0.1, -0.05) is 6.42 Å². The summed E-state index contributed by atoms with van der Waals surface area (Å²) in [4.78, 5) is 2.75. The molecule has 2 bridgehead atoms. The zero-order valence-electron chi connectivity index (χ0n) is 12.9. The lowest BCUT2D eigenvalue weighted by molar-refractivity contribution is 0.0296. The highest BCUT2D eigenvalue weighted by molar-refractivity contribution is 5.06. The molecule has 0 aromatic carbocycles. The highest BCUT2D eigenvalue weighted by atomic mass is 15.3. The fourth-order valence-electron chi connectivity index (χ4n) is 4.19. The van der Waals surface area contributed by atoms with Crippen LogP contribution in [0.2, 0.25) is 0 Å². The second kappa shape index (κ2) is 5.86. The van der Waals surface area contributed by atoms with E-state index in [1.165, 1.54) is 50.8 Å². The number of nitrogens with two attached hydrogens (primary N) is 1. The Bertz CT molecular complexity index is 439. The van der Waals surface area contributed by atoms with Crippen LogP contribution in [0, 0.1) is 13.8 Å². The van der Waals surface area contributed by atoms with Crippen LogP contribution < -0.4 is 5.73 Å². The first-order chi connectivity index (χ1) is 9.63. The third kappa shape index (κ3) is 2.91. The summed E-state index contributed by atoms with van der Waals surface area (Å²) in [5, 5.41) is 4.56. The van der Waals surface area contributed by atoms with Crippen molar-refractivity contribution in [1.29, 1.82) is 0 Å². The van der Waals surface area contributed by atoms with Crippen molar-refractivity contribution < 1.29 is 0 Å². The Hall–Kier alpha value is -0.870. The van der Waals surface area contributed by atoms with Crippen LogP contribution in [0.15, 0.2) is 6.07 Å². The Morgan fingerprint density at radius 3 is 2.50 bits per heavy atom. The molecule has 1 aromatic heterocycles. The van der Waals surface area contributed by atoms with E-state index in [0.717, 1.165) is 24.3 Å². The molecule has 0 saturated carbocycles. The van der Waals surface area contributed by atoms with Gasteiger partial charge in [0.05, 0.1) is 5.69 Å². The van der Waals surface area contributed by atoms with Gasteiger partial charge in [0.2, 0.25) is 0 Å². The molecule has 20 heavy (non-hydrogen) atoms. The maximum atomic E-state index is 6.19. The normalized spacial score (nSPS) is 30.6. The van der Waals surface area contributed by atoms with Crippen LogP contribution >= 0.6 is 0 Å². The van der Waals surface area contributed by atoms with Crippen LogP contribution in [0.3, 0.4) is 0 Å². The minimum atomic E-state index is 0.442. The third-order valence-electron chi connectivity index (χ3n) is 5.05. The van der Waals surface area contributed by atoms with Crippen molar-refractivity contribution in [1.82, 2.24) is 14.7 Å². The van der Waals surface area contributed by atoms with Crippen LogP contribution in [0.25, 0.3) is 0 Å². The summed E-state index contributed by atoms with van der Waals surface area (Å²) >= 11 is 0. The fraction of sp³-hybridized carbons (Fsp3) is 0.812. The van der Waals surface area contributed by atoms with Crippen LogP contribution in [-0.2, 0) is 6.54 Å². The summed E-state index contributed by atoms with van der Waals surface area (Å²) in [6, 6.07) is 4.10. The second-order valence-electron chi connectivity index (χ2n) is 6.71. The van der Waals surface area contributed by atoms with Crippen molar-refractivity contribution >= 4 is 0 Å². The van der Waals surface area contributed by atoms with Gasteiger partial charge >= 0.3 is 0 Å². The predicted molar refractivity (Wildman–Crippen MR) is 81.7 cm³/mol. The molecule has 4 heteroatoms. The number of rotatable bonds is 4. The summed E-state index contributed by atoms with van der Waals surface area (Å²) in [7, 11) is 0. The topological polar surface area (TPSA) is 47.1 Å². The zero-order chi connectivity index (χ0) is 14.1. The van der Waals surface area contributed by atoms with Crippen LogP contribution in [-0.4, -0.2) is 39.4 Å². The van der Waals surface area contributed by atoms with Gasteiger partial charge in [0, 0.05) is 36.9 Å². The highest BCUT2D eigenvalue weighted by Gasteiger charge is 2.36. The van der Waals surface area contributed by atoms with Gasteiger partial charge < -0.3 is 5.73 Å². The van der Waals surface area contributed by atoms with E-state index in [-0.39, 0.29) is 0 Å². The van der Waals surface area contributed by atoms with Gasteiger partial charge in [-0.15, -0.1) is 0 Å². The van der Waals surface area contributed by atoms with E-state index in [2.05, 4.69) is 34.6 Å². The van der Waals surface area contributed by atoms with Crippen molar-refractivity contribution in [3.05, 3.63) is 17.5 Å². The molecular formula is C16H28N4. The van der Waals surface area contributed by atoms with Crippen LogP contribution in [0.4, 0.5) is 0 Å². The van der Waals surface area contributed by atoms with E-state index in [1.807, 2.05) is 0 Å². The molecule has 2 atom stereocenters. The van der Waals surface area contributed by atoms with Gasteiger partial charge in [-0.3, -0.25) is 9.58 Å². The Balaban J connectivity index is 1.54. The number of hydrogen-bond acceptors (Lipinski definition) is 3. The lowest BCUT2D eigenvalue weighted by Crippen LogP contribution is -2.55. The molecule has 0 radical (unpaired) electrons. The summed E-state index contributed by atoms with van der Waals surface area (Å²) in [6.07, 6.45) is 7.71. The zero-order valence-corrected chi connectivity index (χ0v) is 12.9. The molecule has 112 valence electrons. The predicted octanol–water partition coefficient (Wildman–Crippen LogP) is 2.23. The largest absolute Gasteiger partial charge is 0.328 e. The first-order valence-electron chi connectivity index (χ1n) is 8.16. The average Bonchev–Trinajstić information content (AvgIpc) is 2.68. The molecule has 4 nitrogen and oxygen atoms in total. The Morgan fingerprint density at radius 2 is 1.90 bits per heavy atom. The maximum Gasteiger partial charge on any atom is 0.0596 e. The van der Waals surface area contributed by atoms with Gasteiger partial charge in [0.25, 0.3) is 0 Å². The van der Waals surface area contributed by atoms with Crippen molar-refractivity contribution in [2.75, 3.05) is 6.54 Å². The minimum Gasteiger partial charge on any atom is -0.328 e. The van der Waals surface area contributed by atoms with E-state index in [9.17, 15) is 0 Å². The van der Waals surface area contributed by atoms with Crippen molar-refractivity contribution in [2.24, 2.45) is 5.73 Å². The Labute approximate surface area is 122 Å². The molecule has 2 saturated heterocycles. The van der Waals surface area contributed by atoms with Gasteiger partial charge in [0.15, 0.2) is 0 Å². The summed E-state index contributed by atoms with van der Waals surface area (Å²) in [5.41, 5.74) is 8.60. The standard InChI is InChI=1S/C16H28N4/c1-12-9-13(2)20(18-12)8-4-7-19-15-5-3-6-16(19)11-14(17)10-15/h9,14-16H,3-8,10-11,17H2,1-2H3. The molecule has 2 aliphatic heterocycles. The minimum absolute atomic E-state index is 0.442. The number of aromatic nitrogens is 2. The summed E-state index contributed by atoms with van der Waals surface area (Å²) in [6.45, 7) is 6.47. The molecule has 3 heterocycles. The third-order valence-corrected chi connectivity index (χ3v) is 5.05. The number of hydrogen-bond donors (Lipinski definition) is 1. The SMILES string of the molecule is Cc1cc(C)n(CCCN2C3CCCC2CC(N)C3)n1. The van der Waals surface area contributed by atoms with E-state index in [4.69, 9.17) is 5.73 Å². The molecule has 2 fully saturated rings. The average molecular weight is 276 g/mol. The Morgan fingerprint density at radius 1 is 1.20 bits per heavy atom. The van der Waals surface area contributed by atoms with E-state index >= 15 is 0 Å². The van der Waals surface area contributed by atoms with Crippen molar-refractivity contribution in [3.8, 4) is 0 Å². The fourth-order valence-corrected chi connectivity index (χ4v) is 4.19. The lowest BCUT2D eigenvalue weighted by atomic mass is 9.82. The summed E-state index contributed by atoms with van der Waals surface area (Å²) in [5.74, 6) is 0. The second-order valence-corrected chi connectivity index (χ2v) is 6.71. The molecule has 0 amide bonds. The number of aryl methyl sites for hydroxylation is 3. The molecule has 0 spiro atoms. The molecule has 2 unspecified atom stereocenters. The first-order valence-corrected chi connectivity index (χ1v) is 8.16. The molecule has 1 aromatic rings. The quantitative estimate of drug-likeness (QED) is 0.917. The monoisotopic (exact) mass is 276 g/mol. The maximum absolute atomic E-state index is 6.19. The van der Waals surface area contributed by atoms with Crippen molar-refractivity contribution in [2.45, 2.75) is 77.0 Å². The van der Waals surface area contributed by atoms with Crippen molar-refractivity contribution in [3.63, 3.8) is 0 Å². The lowest BCUT2D eigenvalue weighted by Gasteiger charge is -2.48. The number of nitrogens with zero attached hydrogens (tertiary/aromatic N) is 3. The van der Waals surface area contributed by atoms with Crippen LogP contribution in [0.5, 0.6) is 0 Å². The Kier molecular flexibility index (Phi) is 4.13. The highest BCUT2D eigenvalue weighted by Crippen LogP contribution is 2.33. The van der Waals surface area contributed by atoms with Gasteiger partial charge in [-0.25, -0.2) is 0 Å². The van der Waals surface area contributed by atoms with E-state index in [0.29, 0.717) is 6.04 Å². The van der Waals surface area contributed by atoms with Crippen LogP contribution in [0.1, 0.15) is 49.9 Å². The number of fused-ring (bicyclic) bond motifs is 2. The molecule has 3 rings (SSSR count). The van der Waals surface area contributed by atoms with Gasteiger partial charge in [0.1, 0.15) is 0 Å². The summed E-state index contributed by atoms with van der Waals surface area (Å²) < 4.78 is 2.15. The van der Waals surface area contributed by atoms with Gasteiger partial charge in [-0.2, -0.15) is 5.10 Å². The molecule has 0 aliphatic carbocycles. The smallest absolute Gasteiger partial charge is 0.0596 e. The number of piperidine rings is 2.